The lowest BCUT2D eigenvalue weighted by molar-refractivity contribution is 0.787. The monoisotopic (exact) mass is 402 g/mol. The first-order valence-electron chi connectivity index (χ1n) is 8.32. The minimum atomic E-state index is -0.245. The van der Waals surface area contributed by atoms with Crippen LogP contribution in [-0.2, 0) is 5.41 Å². The van der Waals surface area contributed by atoms with Crippen LogP contribution in [0.25, 0.3) is 11.1 Å². The predicted molar refractivity (Wildman–Crippen MR) is 109 cm³/mol. The fourth-order valence-electron chi connectivity index (χ4n) is 4.16. The molecule has 0 saturated heterocycles. The highest BCUT2D eigenvalue weighted by atomic mass is 79.9. The van der Waals surface area contributed by atoms with Crippen molar-refractivity contribution < 1.29 is 0 Å². The van der Waals surface area contributed by atoms with E-state index in [0.29, 0.717) is 0 Å². The van der Waals surface area contributed by atoms with E-state index in [1.807, 2.05) is 11.3 Å². The van der Waals surface area contributed by atoms with Crippen LogP contribution in [0.2, 0.25) is 0 Å². The quantitative estimate of drug-likeness (QED) is 0.302. The molecule has 0 atom stereocenters. The van der Waals surface area contributed by atoms with Crippen LogP contribution in [0.4, 0.5) is 0 Å². The Morgan fingerprint density at radius 2 is 1.16 bits per heavy atom. The first-order valence-corrected chi connectivity index (χ1v) is 9.93. The Labute approximate surface area is 159 Å². The molecule has 0 amide bonds. The van der Waals surface area contributed by atoms with E-state index in [0.717, 1.165) is 0 Å². The van der Waals surface area contributed by atoms with Gasteiger partial charge in [0.25, 0.3) is 0 Å². The van der Waals surface area contributed by atoms with E-state index >= 15 is 0 Å². The van der Waals surface area contributed by atoms with Gasteiger partial charge in [-0.2, -0.15) is 0 Å². The molecule has 0 saturated carbocycles. The molecule has 3 aromatic carbocycles. The Morgan fingerprint density at radius 1 is 0.600 bits per heavy atom. The summed E-state index contributed by atoms with van der Waals surface area (Å²) in [6.07, 6.45) is 0. The van der Waals surface area contributed by atoms with Crippen molar-refractivity contribution in [3.05, 3.63) is 116 Å². The highest BCUT2D eigenvalue weighted by molar-refractivity contribution is 9.11. The second-order valence-electron chi connectivity index (χ2n) is 6.31. The third-order valence-electron chi connectivity index (χ3n) is 5.10. The Kier molecular flexibility index (Phi) is 3.44. The van der Waals surface area contributed by atoms with Gasteiger partial charge in [0.05, 0.1) is 9.20 Å². The number of thiophene rings is 1. The van der Waals surface area contributed by atoms with Gasteiger partial charge in [-0.05, 0) is 55.9 Å². The largest absolute Gasteiger partial charge is 0.132 e. The van der Waals surface area contributed by atoms with Gasteiger partial charge in [0.1, 0.15) is 0 Å². The summed E-state index contributed by atoms with van der Waals surface area (Å²) in [7, 11) is 0. The van der Waals surface area contributed by atoms with E-state index in [2.05, 4.69) is 107 Å². The highest BCUT2D eigenvalue weighted by Gasteiger charge is 2.46. The standard InChI is InChI=1S/C23H15BrS/c24-22-15-14-21(25-22)23(16-8-2-1-3-9-16)19-12-6-4-10-17(19)18-11-5-7-13-20(18)23/h1-15H. The van der Waals surface area contributed by atoms with Crippen LogP contribution in [-0.4, -0.2) is 0 Å². The van der Waals surface area contributed by atoms with Gasteiger partial charge >= 0.3 is 0 Å². The van der Waals surface area contributed by atoms with Crippen LogP contribution < -0.4 is 0 Å². The first-order chi connectivity index (χ1) is 12.3. The number of hydrogen-bond acceptors (Lipinski definition) is 1. The number of rotatable bonds is 2. The third kappa shape index (κ3) is 2.04. The van der Waals surface area contributed by atoms with Crippen molar-refractivity contribution in [3.8, 4) is 11.1 Å². The molecule has 0 N–H and O–H groups in total. The Balaban J connectivity index is 1.98. The minimum absolute atomic E-state index is 0.245. The van der Waals surface area contributed by atoms with Gasteiger partial charge in [0, 0.05) is 4.88 Å². The fourth-order valence-corrected chi connectivity index (χ4v) is 5.79. The maximum absolute atomic E-state index is 3.67. The van der Waals surface area contributed by atoms with Crippen molar-refractivity contribution in [1.29, 1.82) is 0 Å². The summed E-state index contributed by atoms with van der Waals surface area (Å²) in [6.45, 7) is 0. The summed E-state index contributed by atoms with van der Waals surface area (Å²) in [6, 6.07) is 33.0. The van der Waals surface area contributed by atoms with E-state index in [1.54, 1.807) is 0 Å². The number of halogens is 1. The van der Waals surface area contributed by atoms with Crippen molar-refractivity contribution in [2.75, 3.05) is 0 Å². The summed E-state index contributed by atoms with van der Waals surface area (Å²) < 4.78 is 1.17. The van der Waals surface area contributed by atoms with Crippen molar-refractivity contribution in [1.82, 2.24) is 0 Å². The molecule has 1 aromatic heterocycles. The second-order valence-corrected chi connectivity index (χ2v) is 8.77. The third-order valence-corrected chi connectivity index (χ3v) is 6.85. The molecule has 2 heteroatoms. The van der Waals surface area contributed by atoms with Gasteiger partial charge in [0.2, 0.25) is 0 Å². The minimum Gasteiger partial charge on any atom is -0.132 e. The molecule has 0 spiro atoms. The maximum Gasteiger partial charge on any atom is 0.0807 e. The van der Waals surface area contributed by atoms with Gasteiger partial charge in [0.15, 0.2) is 0 Å². The number of fused-ring (bicyclic) bond motifs is 3. The molecule has 1 aliphatic carbocycles. The molecule has 0 bridgehead atoms. The molecule has 1 aliphatic rings. The van der Waals surface area contributed by atoms with Crippen molar-refractivity contribution >= 4 is 27.3 Å². The van der Waals surface area contributed by atoms with Crippen LogP contribution in [0.15, 0.2) is 94.8 Å². The lowest BCUT2D eigenvalue weighted by Gasteiger charge is -2.32. The van der Waals surface area contributed by atoms with Gasteiger partial charge in [-0.1, -0.05) is 78.9 Å². The summed E-state index contributed by atoms with van der Waals surface area (Å²) in [5.41, 5.74) is 6.50. The zero-order valence-corrected chi connectivity index (χ0v) is 15.8. The molecule has 4 aromatic rings. The molecule has 1 heterocycles. The molecule has 5 rings (SSSR count). The van der Waals surface area contributed by atoms with Crippen LogP contribution in [0, 0.1) is 0 Å². The summed E-state index contributed by atoms with van der Waals surface area (Å²) in [4.78, 5) is 1.35. The van der Waals surface area contributed by atoms with Gasteiger partial charge < -0.3 is 0 Å². The molecular weight excluding hydrogens is 388 g/mol. The van der Waals surface area contributed by atoms with Crippen LogP contribution >= 0.6 is 27.3 Å². The van der Waals surface area contributed by atoms with Gasteiger partial charge in [-0.25, -0.2) is 0 Å². The highest BCUT2D eigenvalue weighted by Crippen LogP contribution is 2.57. The van der Waals surface area contributed by atoms with E-state index in [-0.39, 0.29) is 5.41 Å². The predicted octanol–water partition coefficient (Wildman–Crippen LogP) is 6.87. The summed E-state index contributed by atoms with van der Waals surface area (Å²) >= 11 is 5.50. The average Bonchev–Trinajstić information content (AvgIpc) is 3.23. The van der Waals surface area contributed by atoms with Crippen LogP contribution in [0.5, 0.6) is 0 Å². The van der Waals surface area contributed by atoms with E-state index in [4.69, 9.17) is 0 Å². The zero-order chi connectivity index (χ0) is 16.9. The fraction of sp³-hybridized carbons (Fsp3) is 0.0435. The van der Waals surface area contributed by atoms with Crippen molar-refractivity contribution in [2.24, 2.45) is 0 Å². The Morgan fingerprint density at radius 3 is 1.72 bits per heavy atom. The van der Waals surface area contributed by atoms with Crippen molar-refractivity contribution in [2.45, 2.75) is 5.41 Å². The molecular formula is C23H15BrS. The van der Waals surface area contributed by atoms with Crippen LogP contribution in [0.1, 0.15) is 21.6 Å². The topological polar surface area (TPSA) is 0 Å². The lowest BCUT2D eigenvalue weighted by Crippen LogP contribution is -2.27. The molecule has 0 nitrogen and oxygen atoms in total. The number of hydrogen-bond donors (Lipinski definition) is 0. The van der Waals surface area contributed by atoms with Crippen LogP contribution in [0.3, 0.4) is 0 Å². The normalized spacial score (nSPS) is 14.1. The molecule has 0 unspecified atom stereocenters. The average molecular weight is 403 g/mol. The van der Waals surface area contributed by atoms with Crippen molar-refractivity contribution in [3.63, 3.8) is 0 Å². The maximum atomic E-state index is 3.67. The molecule has 0 aliphatic heterocycles. The molecule has 120 valence electrons. The SMILES string of the molecule is Brc1ccc(C2(c3ccccc3)c3ccccc3-c3ccccc32)s1. The Hall–Kier alpha value is -2.16. The number of benzene rings is 3. The smallest absolute Gasteiger partial charge is 0.0807 e. The van der Waals surface area contributed by atoms with Gasteiger partial charge in [-0.3, -0.25) is 0 Å². The molecule has 0 radical (unpaired) electrons. The van der Waals surface area contributed by atoms with E-state index < -0.39 is 0 Å². The van der Waals surface area contributed by atoms with E-state index in [9.17, 15) is 0 Å². The summed E-state index contributed by atoms with van der Waals surface area (Å²) in [5, 5.41) is 0. The van der Waals surface area contributed by atoms with E-state index in [1.165, 1.54) is 36.5 Å². The Bertz CT molecular complexity index is 1020. The second kappa shape index (κ2) is 5.69. The molecule has 25 heavy (non-hydrogen) atoms. The summed E-state index contributed by atoms with van der Waals surface area (Å²) in [5.74, 6) is 0. The van der Waals surface area contributed by atoms with Gasteiger partial charge in [-0.15, -0.1) is 11.3 Å². The first kappa shape index (κ1) is 15.1. The zero-order valence-electron chi connectivity index (χ0n) is 13.4. The molecule has 0 fully saturated rings. The lowest BCUT2D eigenvalue weighted by atomic mass is 9.71.